The summed E-state index contributed by atoms with van der Waals surface area (Å²) in [5.41, 5.74) is 6.63. The van der Waals surface area contributed by atoms with Gasteiger partial charge in [-0.25, -0.2) is 4.98 Å². The van der Waals surface area contributed by atoms with E-state index in [0.29, 0.717) is 6.42 Å². The van der Waals surface area contributed by atoms with Crippen LogP contribution in [0, 0.1) is 5.92 Å². The third kappa shape index (κ3) is 4.27. The van der Waals surface area contributed by atoms with Crippen molar-refractivity contribution in [3.8, 4) is 11.4 Å². The first-order valence-corrected chi connectivity index (χ1v) is 10.9. The Morgan fingerprint density at radius 1 is 1.18 bits per heavy atom. The van der Waals surface area contributed by atoms with Gasteiger partial charge in [-0.3, -0.25) is 14.9 Å². The van der Waals surface area contributed by atoms with Crippen molar-refractivity contribution in [2.45, 2.75) is 27.2 Å². The second-order valence-electron chi connectivity index (χ2n) is 8.63. The molecule has 1 amide bonds. The Hall–Kier alpha value is -4.20. The molecule has 5 rings (SSSR count). The fraction of sp³-hybridized carbons (Fsp3) is 0.200. The monoisotopic (exact) mass is 439 g/mol. The van der Waals surface area contributed by atoms with E-state index in [1.54, 1.807) is 12.4 Å². The molecule has 8 nitrogen and oxygen atoms in total. The standard InChI is InChI=1S/C25H25N7O/c1-14(2)7-23(33)29-18-8-15(3)27-12-17(9-18)20-11-19-22(13-28-20)31-32-24(19)21-10-16-5-4-6-26-25(16)30-21/h4-6,8-14,27H,7H2,1-3H3,(H,26,30)(H,29,33)(H,31,32). The minimum absolute atomic E-state index is 0.00509. The average molecular weight is 440 g/mol. The van der Waals surface area contributed by atoms with Crippen LogP contribution < -0.4 is 10.6 Å². The zero-order chi connectivity index (χ0) is 22.9. The second kappa shape index (κ2) is 8.38. The van der Waals surface area contributed by atoms with E-state index in [-0.39, 0.29) is 11.8 Å². The molecule has 0 saturated carbocycles. The van der Waals surface area contributed by atoms with Gasteiger partial charge in [-0.15, -0.1) is 0 Å². The van der Waals surface area contributed by atoms with Crippen molar-refractivity contribution in [2.75, 3.05) is 0 Å². The highest BCUT2D eigenvalue weighted by Crippen LogP contribution is 2.30. The number of hydrogen-bond acceptors (Lipinski definition) is 5. The van der Waals surface area contributed by atoms with Crippen LogP contribution in [0.15, 0.2) is 66.4 Å². The van der Waals surface area contributed by atoms with E-state index < -0.39 is 0 Å². The van der Waals surface area contributed by atoms with Crippen LogP contribution in [-0.2, 0) is 4.79 Å². The lowest BCUT2D eigenvalue weighted by Gasteiger charge is -2.09. The van der Waals surface area contributed by atoms with Gasteiger partial charge < -0.3 is 15.6 Å². The van der Waals surface area contributed by atoms with Crippen molar-refractivity contribution in [3.05, 3.63) is 72.1 Å². The van der Waals surface area contributed by atoms with Gasteiger partial charge in [0.05, 0.1) is 23.1 Å². The molecule has 4 aromatic heterocycles. The molecule has 0 aliphatic carbocycles. The first-order chi connectivity index (χ1) is 16.0. The lowest BCUT2D eigenvalue weighted by atomic mass is 10.1. The van der Waals surface area contributed by atoms with E-state index in [2.05, 4.69) is 35.8 Å². The predicted molar refractivity (Wildman–Crippen MR) is 130 cm³/mol. The van der Waals surface area contributed by atoms with Gasteiger partial charge in [0, 0.05) is 46.6 Å². The SMILES string of the molecule is CC1=CC(NC(=O)CC(C)C)=CC(c2cc3c(-c4cc5cccnc5[nH]4)n[nH]c3cn2)=CN1. The van der Waals surface area contributed by atoms with E-state index in [0.717, 1.165) is 56.0 Å². The minimum atomic E-state index is -0.00509. The van der Waals surface area contributed by atoms with E-state index in [1.807, 2.05) is 63.4 Å². The van der Waals surface area contributed by atoms with Gasteiger partial charge in [-0.05, 0) is 49.3 Å². The molecular formula is C25H25N7O. The first-order valence-electron chi connectivity index (χ1n) is 10.9. The molecule has 0 radical (unpaired) electrons. The maximum atomic E-state index is 12.3. The van der Waals surface area contributed by atoms with E-state index in [4.69, 9.17) is 0 Å². The predicted octanol–water partition coefficient (Wildman–Crippen LogP) is 4.40. The summed E-state index contributed by atoms with van der Waals surface area (Å²) in [4.78, 5) is 24.7. The normalized spacial score (nSPS) is 14.0. The molecule has 0 bridgehead atoms. The van der Waals surface area contributed by atoms with Gasteiger partial charge >= 0.3 is 0 Å². The lowest BCUT2D eigenvalue weighted by Crippen LogP contribution is -2.23. The molecule has 5 heterocycles. The Kier molecular flexibility index (Phi) is 5.26. The Balaban J connectivity index is 1.52. The fourth-order valence-corrected chi connectivity index (χ4v) is 3.89. The Morgan fingerprint density at radius 3 is 2.88 bits per heavy atom. The first kappa shape index (κ1) is 20.7. The van der Waals surface area contributed by atoms with E-state index >= 15 is 0 Å². The van der Waals surface area contributed by atoms with Crippen LogP contribution in [0.2, 0.25) is 0 Å². The molecule has 4 N–H and O–H groups in total. The number of nitrogens with one attached hydrogen (secondary N) is 4. The number of allylic oxidation sites excluding steroid dienone is 4. The zero-order valence-electron chi connectivity index (χ0n) is 18.7. The highest BCUT2D eigenvalue weighted by molar-refractivity contribution is 5.96. The van der Waals surface area contributed by atoms with Gasteiger partial charge in [0.2, 0.25) is 5.91 Å². The number of amides is 1. The number of H-pyrrole nitrogens is 2. The number of aromatic amines is 2. The number of carbonyl (C=O) groups excluding carboxylic acids is 1. The molecule has 1 aliphatic heterocycles. The molecule has 0 fully saturated rings. The van der Waals surface area contributed by atoms with Crippen molar-refractivity contribution >= 4 is 33.4 Å². The molecule has 4 aromatic rings. The molecule has 1 aliphatic rings. The van der Waals surface area contributed by atoms with Crippen LogP contribution in [-0.4, -0.2) is 31.1 Å². The minimum Gasteiger partial charge on any atom is -0.365 e. The Bertz CT molecular complexity index is 1420. The van der Waals surface area contributed by atoms with Gasteiger partial charge in [-0.2, -0.15) is 5.10 Å². The molecule has 0 spiro atoms. The largest absolute Gasteiger partial charge is 0.365 e. The highest BCUT2D eigenvalue weighted by atomic mass is 16.1. The van der Waals surface area contributed by atoms with Gasteiger partial charge in [-0.1, -0.05) is 13.8 Å². The van der Waals surface area contributed by atoms with Crippen LogP contribution in [0.1, 0.15) is 32.9 Å². The van der Waals surface area contributed by atoms with Gasteiger partial charge in [0.25, 0.3) is 0 Å². The third-order valence-corrected chi connectivity index (χ3v) is 5.41. The molecule has 0 atom stereocenters. The molecule has 0 aromatic carbocycles. The molecule has 0 saturated heterocycles. The van der Waals surface area contributed by atoms with E-state index in [1.165, 1.54) is 0 Å². The van der Waals surface area contributed by atoms with Crippen molar-refractivity contribution in [1.29, 1.82) is 0 Å². The van der Waals surface area contributed by atoms with Crippen molar-refractivity contribution in [3.63, 3.8) is 0 Å². The summed E-state index contributed by atoms with van der Waals surface area (Å²) < 4.78 is 0. The number of carbonyl (C=O) groups is 1. The fourth-order valence-electron chi connectivity index (χ4n) is 3.89. The average Bonchev–Trinajstić information content (AvgIpc) is 3.34. The second-order valence-corrected chi connectivity index (χ2v) is 8.63. The molecule has 166 valence electrons. The van der Waals surface area contributed by atoms with Crippen LogP contribution in [0.5, 0.6) is 0 Å². The summed E-state index contributed by atoms with van der Waals surface area (Å²) in [5.74, 6) is 0.285. The van der Waals surface area contributed by atoms with Crippen LogP contribution in [0.25, 0.3) is 38.9 Å². The smallest absolute Gasteiger partial charge is 0.224 e. The summed E-state index contributed by atoms with van der Waals surface area (Å²) in [6, 6.07) is 7.98. The van der Waals surface area contributed by atoms with Crippen molar-refractivity contribution in [2.24, 2.45) is 5.92 Å². The van der Waals surface area contributed by atoms with E-state index in [9.17, 15) is 4.79 Å². The summed E-state index contributed by atoms with van der Waals surface area (Å²) in [5, 5.41) is 15.8. The number of hydrogen-bond donors (Lipinski definition) is 4. The number of fused-ring (bicyclic) bond motifs is 2. The zero-order valence-corrected chi connectivity index (χ0v) is 18.7. The van der Waals surface area contributed by atoms with Crippen LogP contribution in [0.3, 0.4) is 0 Å². The number of pyridine rings is 2. The molecule has 33 heavy (non-hydrogen) atoms. The Labute approximate surface area is 190 Å². The van der Waals surface area contributed by atoms with Gasteiger partial charge in [0.15, 0.2) is 0 Å². The van der Waals surface area contributed by atoms with Crippen molar-refractivity contribution < 1.29 is 4.79 Å². The summed E-state index contributed by atoms with van der Waals surface area (Å²) >= 11 is 0. The van der Waals surface area contributed by atoms with Gasteiger partial charge in [0.1, 0.15) is 11.3 Å². The molecule has 8 heteroatoms. The van der Waals surface area contributed by atoms with Crippen molar-refractivity contribution in [1.82, 2.24) is 35.8 Å². The lowest BCUT2D eigenvalue weighted by molar-refractivity contribution is -0.121. The quantitative estimate of drug-likeness (QED) is 0.368. The molecule has 0 unspecified atom stereocenters. The summed E-state index contributed by atoms with van der Waals surface area (Å²) in [6.45, 7) is 6.01. The van der Waals surface area contributed by atoms with Crippen LogP contribution >= 0.6 is 0 Å². The number of aromatic nitrogens is 5. The topological polar surface area (TPSA) is 111 Å². The summed E-state index contributed by atoms with van der Waals surface area (Å²) in [7, 11) is 0. The number of nitrogens with zero attached hydrogens (tertiary/aromatic N) is 3. The third-order valence-electron chi connectivity index (χ3n) is 5.41. The highest BCUT2D eigenvalue weighted by Gasteiger charge is 2.15. The Morgan fingerprint density at radius 2 is 2.06 bits per heavy atom. The van der Waals surface area contributed by atoms with Crippen LogP contribution in [0.4, 0.5) is 0 Å². The number of rotatable bonds is 5. The maximum absolute atomic E-state index is 12.3. The molecular weight excluding hydrogens is 414 g/mol. The summed E-state index contributed by atoms with van der Waals surface area (Å²) in [6.07, 6.45) is 9.76. The maximum Gasteiger partial charge on any atom is 0.224 e.